The van der Waals surface area contributed by atoms with Crippen LogP contribution in [0.3, 0.4) is 0 Å². The van der Waals surface area contributed by atoms with Gasteiger partial charge in [-0.15, -0.1) is 0 Å². The summed E-state index contributed by atoms with van der Waals surface area (Å²) in [5.41, 5.74) is 4.23. The van der Waals surface area contributed by atoms with Crippen LogP contribution in [0.1, 0.15) is 42.1 Å². The maximum atomic E-state index is 12.0. The lowest BCUT2D eigenvalue weighted by Gasteiger charge is -2.15. The summed E-state index contributed by atoms with van der Waals surface area (Å²) in [4.78, 5) is 23.8. The molecule has 2 aromatic rings. The number of nitrogens with one attached hydrogen (secondary N) is 1. The highest BCUT2D eigenvalue weighted by Crippen LogP contribution is 2.16. The molecule has 0 aliphatic carbocycles. The Morgan fingerprint density at radius 3 is 2.43 bits per heavy atom. The summed E-state index contributed by atoms with van der Waals surface area (Å²) < 4.78 is 10.4. The number of benzene rings is 2. The number of esters is 1. The molecule has 0 bridgehead atoms. The van der Waals surface area contributed by atoms with Gasteiger partial charge in [0, 0.05) is 6.08 Å². The molecule has 0 saturated carbocycles. The fourth-order valence-electron chi connectivity index (χ4n) is 2.59. The minimum Gasteiger partial charge on any atom is -0.494 e. The second kappa shape index (κ2) is 10.3. The number of ether oxygens (including phenoxy) is 2. The maximum absolute atomic E-state index is 12.0. The molecule has 0 heterocycles. The van der Waals surface area contributed by atoms with Crippen LogP contribution in [0.5, 0.6) is 5.75 Å². The molecule has 28 heavy (non-hydrogen) atoms. The number of rotatable bonds is 8. The largest absolute Gasteiger partial charge is 0.494 e. The quantitative estimate of drug-likeness (QED) is 0.551. The van der Waals surface area contributed by atoms with Crippen LogP contribution in [0, 0.1) is 13.8 Å². The molecular weight excluding hydrogens is 354 g/mol. The molecule has 0 spiro atoms. The van der Waals surface area contributed by atoms with Crippen LogP contribution >= 0.6 is 0 Å². The number of aryl methyl sites for hydroxylation is 2. The van der Waals surface area contributed by atoms with Crippen LogP contribution < -0.4 is 10.1 Å². The second-order valence-corrected chi connectivity index (χ2v) is 6.58. The van der Waals surface area contributed by atoms with Gasteiger partial charge in [-0.3, -0.25) is 4.79 Å². The molecule has 0 aliphatic rings. The molecule has 0 unspecified atom stereocenters. The van der Waals surface area contributed by atoms with Crippen molar-refractivity contribution in [1.82, 2.24) is 5.32 Å². The first-order chi connectivity index (χ1) is 13.4. The Morgan fingerprint density at radius 2 is 1.79 bits per heavy atom. The van der Waals surface area contributed by atoms with E-state index in [0.717, 1.165) is 16.9 Å². The number of amides is 1. The van der Waals surface area contributed by atoms with Crippen LogP contribution in [0.15, 0.2) is 48.5 Å². The summed E-state index contributed by atoms with van der Waals surface area (Å²) >= 11 is 0. The van der Waals surface area contributed by atoms with Crippen LogP contribution in [-0.2, 0) is 14.3 Å². The zero-order chi connectivity index (χ0) is 20.5. The van der Waals surface area contributed by atoms with Crippen LogP contribution in [0.2, 0.25) is 0 Å². The molecule has 0 radical (unpaired) electrons. The number of carbonyl (C=O) groups excluding carboxylic acids is 2. The fourth-order valence-corrected chi connectivity index (χ4v) is 2.59. The van der Waals surface area contributed by atoms with E-state index in [9.17, 15) is 9.59 Å². The Hall–Kier alpha value is -3.08. The molecule has 1 N–H and O–H groups in total. The molecule has 5 heteroatoms. The van der Waals surface area contributed by atoms with E-state index < -0.39 is 5.97 Å². The Labute approximate surface area is 166 Å². The zero-order valence-electron chi connectivity index (χ0n) is 16.8. The van der Waals surface area contributed by atoms with Crippen LogP contribution in [-0.4, -0.2) is 25.1 Å². The predicted octanol–water partition coefficient (Wildman–Crippen LogP) is 4.14. The third kappa shape index (κ3) is 6.58. The van der Waals surface area contributed by atoms with Crippen molar-refractivity contribution in [2.75, 3.05) is 13.2 Å². The fraction of sp³-hybridized carbons (Fsp3) is 0.304. The second-order valence-electron chi connectivity index (χ2n) is 6.58. The summed E-state index contributed by atoms with van der Waals surface area (Å²) in [7, 11) is 0. The number of hydrogen-bond donors (Lipinski definition) is 1. The third-order valence-electron chi connectivity index (χ3n) is 4.36. The van der Waals surface area contributed by atoms with Crippen molar-refractivity contribution in [2.45, 2.75) is 33.7 Å². The standard InChI is InChI=1S/C23H27NO4/c1-5-27-21-11-7-19(8-12-21)9-13-23(26)28-15-22(25)24-18(4)20-10-6-16(2)17(3)14-20/h6-14,18H,5,15H2,1-4H3,(H,24,25)/b13-9+/t18-/m1/s1. The highest BCUT2D eigenvalue weighted by Gasteiger charge is 2.11. The summed E-state index contributed by atoms with van der Waals surface area (Å²) in [6.45, 7) is 8.18. The Kier molecular flexibility index (Phi) is 7.81. The predicted molar refractivity (Wildman–Crippen MR) is 110 cm³/mol. The molecule has 0 aromatic heterocycles. The summed E-state index contributed by atoms with van der Waals surface area (Å²) in [5.74, 6) is -0.131. The molecule has 2 rings (SSSR count). The van der Waals surface area contributed by atoms with E-state index in [1.165, 1.54) is 17.2 Å². The normalized spacial score (nSPS) is 11.9. The molecule has 0 fully saturated rings. The Morgan fingerprint density at radius 1 is 1.07 bits per heavy atom. The van der Waals surface area contributed by atoms with Gasteiger partial charge in [0.1, 0.15) is 5.75 Å². The van der Waals surface area contributed by atoms with Crippen molar-refractivity contribution in [3.05, 3.63) is 70.8 Å². The molecule has 1 amide bonds. The van der Waals surface area contributed by atoms with Gasteiger partial charge in [0.2, 0.25) is 0 Å². The van der Waals surface area contributed by atoms with Crippen molar-refractivity contribution in [3.8, 4) is 5.75 Å². The van der Waals surface area contributed by atoms with Gasteiger partial charge < -0.3 is 14.8 Å². The van der Waals surface area contributed by atoms with Crippen molar-refractivity contribution < 1.29 is 19.1 Å². The maximum Gasteiger partial charge on any atom is 0.331 e. The molecule has 148 valence electrons. The molecule has 0 saturated heterocycles. The summed E-state index contributed by atoms with van der Waals surface area (Å²) in [5, 5.41) is 2.84. The van der Waals surface area contributed by atoms with Crippen molar-refractivity contribution in [1.29, 1.82) is 0 Å². The zero-order valence-corrected chi connectivity index (χ0v) is 16.8. The van der Waals surface area contributed by atoms with Gasteiger partial charge in [-0.1, -0.05) is 30.3 Å². The van der Waals surface area contributed by atoms with Gasteiger partial charge in [0.05, 0.1) is 12.6 Å². The first kappa shape index (κ1) is 21.2. The van der Waals surface area contributed by atoms with E-state index in [0.29, 0.717) is 6.61 Å². The van der Waals surface area contributed by atoms with Gasteiger partial charge in [0.25, 0.3) is 5.91 Å². The minimum atomic E-state index is -0.567. The lowest BCUT2D eigenvalue weighted by molar-refractivity contribution is -0.144. The molecular formula is C23H27NO4. The van der Waals surface area contributed by atoms with E-state index >= 15 is 0 Å². The average molecular weight is 381 g/mol. The highest BCUT2D eigenvalue weighted by molar-refractivity contribution is 5.89. The number of hydrogen-bond acceptors (Lipinski definition) is 4. The van der Waals surface area contributed by atoms with Gasteiger partial charge >= 0.3 is 5.97 Å². The summed E-state index contributed by atoms with van der Waals surface area (Å²) in [6.07, 6.45) is 2.93. The summed E-state index contributed by atoms with van der Waals surface area (Å²) in [6, 6.07) is 13.2. The monoisotopic (exact) mass is 381 g/mol. The SMILES string of the molecule is CCOc1ccc(/C=C/C(=O)OCC(=O)N[C@H](C)c2ccc(C)c(C)c2)cc1. The molecule has 1 atom stereocenters. The van der Waals surface area contributed by atoms with Gasteiger partial charge in [-0.05, 0) is 68.2 Å². The first-order valence-corrected chi connectivity index (χ1v) is 9.33. The average Bonchev–Trinajstić information content (AvgIpc) is 2.68. The van der Waals surface area contributed by atoms with Crippen molar-refractivity contribution in [3.63, 3.8) is 0 Å². The lowest BCUT2D eigenvalue weighted by Crippen LogP contribution is -2.31. The van der Waals surface area contributed by atoms with Crippen LogP contribution in [0.25, 0.3) is 6.08 Å². The molecule has 5 nitrogen and oxygen atoms in total. The Bertz CT molecular complexity index is 840. The van der Waals surface area contributed by atoms with E-state index in [4.69, 9.17) is 9.47 Å². The molecule has 0 aliphatic heterocycles. The first-order valence-electron chi connectivity index (χ1n) is 9.33. The van der Waals surface area contributed by atoms with Crippen LogP contribution in [0.4, 0.5) is 0 Å². The third-order valence-corrected chi connectivity index (χ3v) is 4.36. The van der Waals surface area contributed by atoms with Gasteiger partial charge in [-0.25, -0.2) is 4.79 Å². The van der Waals surface area contributed by atoms with E-state index in [2.05, 4.69) is 5.32 Å². The molecule has 2 aromatic carbocycles. The van der Waals surface area contributed by atoms with Gasteiger partial charge in [0.15, 0.2) is 6.61 Å². The van der Waals surface area contributed by atoms with Gasteiger partial charge in [-0.2, -0.15) is 0 Å². The minimum absolute atomic E-state index is 0.162. The topological polar surface area (TPSA) is 64.6 Å². The number of carbonyl (C=O) groups is 2. The highest BCUT2D eigenvalue weighted by atomic mass is 16.5. The smallest absolute Gasteiger partial charge is 0.331 e. The Balaban J connectivity index is 1.79. The van der Waals surface area contributed by atoms with Crippen molar-refractivity contribution in [2.24, 2.45) is 0 Å². The van der Waals surface area contributed by atoms with Crippen molar-refractivity contribution >= 4 is 18.0 Å². The lowest BCUT2D eigenvalue weighted by atomic mass is 10.0. The van der Waals surface area contributed by atoms with E-state index in [-0.39, 0.29) is 18.6 Å². The van der Waals surface area contributed by atoms with E-state index in [1.54, 1.807) is 6.08 Å². The van der Waals surface area contributed by atoms with E-state index in [1.807, 2.05) is 70.2 Å².